The maximum absolute atomic E-state index is 7.57. The molecule has 5 rings (SSSR count). The molecule has 0 amide bonds. The van der Waals surface area contributed by atoms with E-state index in [1.54, 1.807) is 6.92 Å². The fourth-order valence-corrected chi connectivity index (χ4v) is 5.35. The quantitative estimate of drug-likeness (QED) is 0.653. The molecule has 2 aromatic rings. The van der Waals surface area contributed by atoms with Crippen LogP contribution in [0.5, 0.6) is 0 Å². The smallest absolute Gasteiger partial charge is 0.0646 e. The maximum atomic E-state index is 7.57. The Bertz CT molecular complexity index is 833. The Kier molecular flexibility index (Phi) is 5.95. The third kappa shape index (κ3) is 3.68. The number of hydrogen-bond donors (Lipinski definition) is 2. The van der Waals surface area contributed by atoms with Gasteiger partial charge in [0.2, 0.25) is 0 Å². The molecule has 1 atom stereocenters. The summed E-state index contributed by atoms with van der Waals surface area (Å²) in [5.74, 6) is 0.684. The van der Waals surface area contributed by atoms with Gasteiger partial charge in [-0.3, -0.25) is 0 Å². The predicted octanol–water partition coefficient (Wildman–Crippen LogP) is 4.95. The molecule has 1 fully saturated rings. The van der Waals surface area contributed by atoms with Crippen LogP contribution in [-0.4, -0.2) is 43.3 Å². The lowest BCUT2D eigenvalue weighted by Crippen LogP contribution is -2.34. The van der Waals surface area contributed by atoms with Gasteiger partial charge in [-0.2, -0.15) is 0 Å². The number of benzene rings is 2. The second kappa shape index (κ2) is 8.44. The molecular formula is C23H30BrN3O. The number of rotatable bonds is 1. The van der Waals surface area contributed by atoms with E-state index in [1.165, 1.54) is 58.6 Å². The van der Waals surface area contributed by atoms with Crippen LogP contribution in [0.1, 0.15) is 36.9 Å². The van der Waals surface area contributed by atoms with E-state index >= 15 is 0 Å². The van der Waals surface area contributed by atoms with Gasteiger partial charge in [-0.1, -0.05) is 28.1 Å². The van der Waals surface area contributed by atoms with Crippen molar-refractivity contribution in [2.45, 2.75) is 32.2 Å². The highest BCUT2D eigenvalue weighted by atomic mass is 79.9. The second-order valence-electron chi connectivity index (χ2n) is 8.00. The summed E-state index contributed by atoms with van der Waals surface area (Å²) in [6, 6.07) is 13.9. The number of fused-ring (bicyclic) bond motifs is 2. The van der Waals surface area contributed by atoms with Gasteiger partial charge in [0.25, 0.3) is 0 Å². The van der Waals surface area contributed by atoms with Crippen LogP contribution in [-0.2, 0) is 6.42 Å². The molecule has 150 valence electrons. The highest BCUT2D eigenvalue weighted by Gasteiger charge is 2.36. The lowest BCUT2D eigenvalue weighted by atomic mass is 9.84. The van der Waals surface area contributed by atoms with E-state index < -0.39 is 0 Å². The molecule has 0 aromatic heterocycles. The van der Waals surface area contributed by atoms with Crippen molar-refractivity contribution in [3.8, 4) is 0 Å². The number of likely N-dealkylation sites (tertiary alicyclic amines) is 1. The summed E-state index contributed by atoms with van der Waals surface area (Å²) >= 11 is 3.77. The third-order valence-electron chi connectivity index (χ3n) is 6.13. The van der Waals surface area contributed by atoms with E-state index in [-0.39, 0.29) is 6.61 Å². The predicted molar refractivity (Wildman–Crippen MR) is 121 cm³/mol. The van der Waals surface area contributed by atoms with Crippen molar-refractivity contribution < 1.29 is 5.11 Å². The van der Waals surface area contributed by atoms with Crippen molar-refractivity contribution in [2.24, 2.45) is 5.92 Å². The minimum absolute atomic E-state index is 0.250. The summed E-state index contributed by atoms with van der Waals surface area (Å²) in [6.45, 7) is 5.41. The van der Waals surface area contributed by atoms with E-state index in [1.807, 2.05) is 0 Å². The summed E-state index contributed by atoms with van der Waals surface area (Å²) < 4.78 is 1.22. The largest absolute Gasteiger partial charge is 0.397 e. The van der Waals surface area contributed by atoms with Crippen molar-refractivity contribution >= 4 is 33.0 Å². The highest BCUT2D eigenvalue weighted by molar-refractivity contribution is 9.10. The Morgan fingerprint density at radius 2 is 1.86 bits per heavy atom. The van der Waals surface area contributed by atoms with Crippen LogP contribution in [0, 0.1) is 5.92 Å². The number of aliphatic hydroxyl groups excluding tert-OH is 1. The average Bonchev–Trinajstić information content (AvgIpc) is 3.05. The van der Waals surface area contributed by atoms with Crippen molar-refractivity contribution in [2.75, 3.05) is 43.5 Å². The van der Waals surface area contributed by atoms with Gasteiger partial charge < -0.3 is 20.2 Å². The first-order valence-electron chi connectivity index (χ1n) is 10.4. The summed E-state index contributed by atoms with van der Waals surface area (Å²) in [7, 11) is 2.24. The zero-order chi connectivity index (χ0) is 19.7. The van der Waals surface area contributed by atoms with Gasteiger partial charge in [0, 0.05) is 23.3 Å². The van der Waals surface area contributed by atoms with Gasteiger partial charge in [0.05, 0.1) is 17.4 Å². The summed E-state index contributed by atoms with van der Waals surface area (Å²) in [6.07, 6.45) is 3.66. The first-order chi connectivity index (χ1) is 13.6. The molecule has 28 heavy (non-hydrogen) atoms. The SMILES string of the molecule is CCO.CN1CCC(C2Nc3ccccc3N3CCc4cc(Br)cc2c43)CC1. The molecule has 0 aliphatic carbocycles. The Morgan fingerprint density at radius 1 is 1.14 bits per heavy atom. The molecule has 3 aliphatic rings. The number of para-hydroxylation sites is 2. The molecule has 3 aliphatic heterocycles. The number of halogens is 1. The van der Waals surface area contributed by atoms with E-state index in [4.69, 9.17) is 5.11 Å². The normalized spacial score (nSPS) is 21.1. The van der Waals surface area contributed by atoms with Crippen LogP contribution in [0.2, 0.25) is 0 Å². The Hall–Kier alpha value is -1.56. The van der Waals surface area contributed by atoms with Gasteiger partial charge in [-0.05, 0) is 87.6 Å². The van der Waals surface area contributed by atoms with Crippen LogP contribution >= 0.6 is 15.9 Å². The molecule has 2 aromatic carbocycles. The Balaban J connectivity index is 0.000000604. The molecule has 1 saturated heterocycles. The highest BCUT2D eigenvalue weighted by Crippen LogP contribution is 2.50. The maximum Gasteiger partial charge on any atom is 0.0646 e. The fraction of sp³-hybridized carbons (Fsp3) is 0.478. The lowest BCUT2D eigenvalue weighted by Gasteiger charge is -2.35. The van der Waals surface area contributed by atoms with Crippen LogP contribution < -0.4 is 10.2 Å². The van der Waals surface area contributed by atoms with Gasteiger partial charge in [-0.15, -0.1) is 0 Å². The molecule has 3 heterocycles. The zero-order valence-electron chi connectivity index (χ0n) is 16.8. The van der Waals surface area contributed by atoms with Gasteiger partial charge in [0.15, 0.2) is 0 Å². The average molecular weight is 444 g/mol. The van der Waals surface area contributed by atoms with E-state index in [2.05, 4.69) is 74.5 Å². The topological polar surface area (TPSA) is 38.7 Å². The Morgan fingerprint density at radius 3 is 2.61 bits per heavy atom. The summed E-state index contributed by atoms with van der Waals surface area (Å²) in [5.41, 5.74) is 7.05. The molecule has 0 radical (unpaired) electrons. The fourth-order valence-electron chi connectivity index (χ4n) is 4.83. The van der Waals surface area contributed by atoms with Crippen LogP contribution in [0.15, 0.2) is 40.9 Å². The third-order valence-corrected chi connectivity index (χ3v) is 6.59. The zero-order valence-corrected chi connectivity index (χ0v) is 18.4. The van der Waals surface area contributed by atoms with Crippen molar-refractivity contribution in [3.05, 3.63) is 52.0 Å². The monoisotopic (exact) mass is 443 g/mol. The molecular weight excluding hydrogens is 414 g/mol. The van der Waals surface area contributed by atoms with E-state index in [9.17, 15) is 0 Å². The van der Waals surface area contributed by atoms with Crippen LogP contribution in [0.25, 0.3) is 0 Å². The molecule has 2 N–H and O–H groups in total. The van der Waals surface area contributed by atoms with Crippen molar-refractivity contribution in [1.82, 2.24) is 4.90 Å². The molecule has 4 nitrogen and oxygen atoms in total. The minimum atomic E-state index is 0.250. The molecule has 0 saturated carbocycles. The summed E-state index contributed by atoms with van der Waals surface area (Å²) in [4.78, 5) is 4.99. The molecule has 1 unspecified atom stereocenters. The minimum Gasteiger partial charge on any atom is -0.397 e. The first-order valence-corrected chi connectivity index (χ1v) is 11.2. The molecule has 0 spiro atoms. The van der Waals surface area contributed by atoms with Gasteiger partial charge in [-0.25, -0.2) is 0 Å². The summed E-state index contributed by atoms with van der Waals surface area (Å²) in [5, 5.41) is 11.5. The van der Waals surface area contributed by atoms with Crippen molar-refractivity contribution in [3.63, 3.8) is 0 Å². The van der Waals surface area contributed by atoms with E-state index in [0.29, 0.717) is 12.0 Å². The first kappa shape index (κ1) is 19.7. The lowest BCUT2D eigenvalue weighted by molar-refractivity contribution is 0.205. The number of hydrogen-bond acceptors (Lipinski definition) is 4. The molecule has 0 bridgehead atoms. The van der Waals surface area contributed by atoms with Gasteiger partial charge in [0.1, 0.15) is 0 Å². The van der Waals surface area contributed by atoms with Crippen LogP contribution in [0.4, 0.5) is 17.1 Å². The van der Waals surface area contributed by atoms with Crippen molar-refractivity contribution in [1.29, 1.82) is 0 Å². The number of nitrogens with one attached hydrogen (secondary N) is 1. The van der Waals surface area contributed by atoms with Gasteiger partial charge >= 0.3 is 0 Å². The second-order valence-corrected chi connectivity index (χ2v) is 8.92. The van der Waals surface area contributed by atoms with E-state index in [0.717, 1.165) is 13.0 Å². The number of aliphatic hydroxyl groups is 1. The number of nitrogens with zero attached hydrogens (tertiary/aromatic N) is 2. The molecule has 5 heteroatoms. The Labute approximate surface area is 176 Å². The number of anilines is 3. The van der Waals surface area contributed by atoms with Crippen LogP contribution in [0.3, 0.4) is 0 Å². The number of piperidine rings is 1. The standard InChI is InChI=1S/C21H24BrN3.C2H6O/c1-24-9-6-14(7-10-24)20-17-13-16(22)12-15-8-11-25(21(15)17)19-5-3-2-4-18(19)23-20;1-2-3/h2-5,12-14,20,23H,6-11H2,1H3;3H,2H2,1H3.